The van der Waals surface area contributed by atoms with Crippen molar-refractivity contribution < 1.29 is 9.21 Å². The zero-order valence-electron chi connectivity index (χ0n) is 7.20. The second kappa shape index (κ2) is 2.94. The van der Waals surface area contributed by atoms with E-state index in [4.69, 9.17) is 4.42 Å². The molecule has 0 radical (unpaired) electrons. The van der Waals surface area contributed by atoms with Gasteiger partial charge in [-0.25, -0.2) is 0 Å². The highest BCUT2D eigenvalue weighted by Crippen LogP contribution is 2.19. The van der Waals surface area contributed by atoms with Gasteiger partial charge in [-0.15, -0.1) is 0 Å². The second-order valence-electron chi connectivity index (χ2n) is 2.85. The largest absolute Gasteiger partial charge is 0.464 e. The van der Waals surface area contributed by atoms with Gasteiger partial charge in [0.1, 0.15) is 5.58 Å². The Bertz CT molecular complexity index is 445. The van der Waals surface area contributed by atoms with Crippen LogP contribution in [0.5, 0.6) is 0 Å². The van der Waals surface area contributed by atoms with E-state index in [1.165, 1.54) is 6.92 Å². The molecule has 0 saturated heterocycles. The van der Waals surface area contributed by atoms with Crippen molar-refractivity contribution in [1.29, 1.82) is 0 Å². The lowest BCUT2D eigenvalue weighted by atomic mass is 10.2. The average molecular weight is 175 g/mol. The molecule has 1 N–H and O–H groups in total. The molecule has 1 heterocycles. The summed E-state index contributed by atoms with van der Waals surface area (Å²) in [5.41, 5.74) is 1.62. The van der Waals surface area contributed by atoms with Crippen LogP contribution in [0, 0.1) is 0 Å². The second-order valence-corrected chi connectivity index (χ2v) is 2.85. The van der Waals surface area contributed by atoms with Gasteiger partial charge in [0.25, 0.3) is 0 Å². The van der Waals surface area contributed by atoms with Crippen LogP contribution in [0.2, 0.25) is 0 Å². The summed E-state index contributed by atoms with van der Waals surface area (Å²) in [6.45, 7) is 1.49. The Kier molecular flexibility index (Phi) is 1.77. The van der Waals surface area contributed by atoms with Gasteiger partial charge < -0.3 is 9.73 Å². The maximum atomic E-state index is 10.8. The van der Waals surface area contributed by atoms with Crippen molar-refractivity contribution in [2.45, 2.75) is 6.92 Å². The molecule has 3 nitrogen and oxygen atoms in total. The molecule has 1 aromatic heterocycles. The van der Waals surface area contributed by atoms with Crippen LogP contribution in [0.25, 0.3) is 11.0 Å². The third-order valence-electron chi connectivity index (χ3n) is 1.77. The number of hydrogen-bond donors (Lipinski definition) is 1. The van der Waals surface area contributed by atoms with Crippen molar-refractivity contribution in [3.8, 4) is 0 Å². The van der Waals surface area contributed by atoms with Crippen LogP contribution < -0.4 is 5.32 Å². The Morgan fingerprint density at radius 1 is 1.38 bits per heavy atom. The number of carbonyl (C=O) groups excluding carboxylic acids is 1. The zero-order valence-corrected chi connectivity index (χ0v) is 7.20. The fourth-order valence-electron chi connectivity index (χ4n) is 1.25. The van der Waals surface area contributed by atoms with Crippen LogP contribution in [0.4, 0.5) is 5.69 Å². The molecule has 0 spiro atoms. The molecule has 2 rings (SSSR count). The van der Waals surface area contributed by atoms with Gasteiger partial charge in [-0.3, -0.25) is 4.79 Å². The third-order valence-corrected chi connectivity index (χ3v) is 1.77. The summed E-state index contributed by atoms with van der Waals surface area (Å²) in [7, 11) is 0. The standard InChI is InChI=1S/C10H9NO2/c1-7(12)11-9-2-3-10-8(6-9)4-5-13-10/h2-6H,1H3,(H,11,12). The maximum Gasteiger partial charge on any atom is 0.221 e. The first kappa shape index (κ1) is 7.86. The molecule has 0 unspecified atom stereocenters. The number of benzene rings is 1. The van der Waals surface area contributed by atoms with E-state index < -0.39 is 0 Å². The molecule has 0 aliphatic heterocycles. The lowest BCUT2D eigenvalue weighted by Crippen LogP contribution is -2.05. The van der Waals surface area contributed by atoms with Crippen LogP contribution in [-0.4, -0.2) is 5.91 Å². The number of amides is 1. The van der Waals surface area contributed by atoms with Crippen molar-refractivity contribution in [3.63, 3.8) is 0 Å². The van der Waals surface area contributed by atoms with E-state index in [1.807, 2.05) is 24.3 Å². The summed E-state index contributed by atoms with van der Waals surface area (Å²) < 4.78 is 5.17. The van der Waals surface area contributed by atoms with Crippen molar-refractivity contribution in [3.05, 3.63) is 30.5 Å². The molecule has 66 valence electrons. The normalized spacial score (nSPS) is 10.2. The van der Waals surface area contributed by atoms with E-state index in [0.29, 0.717) is 0 Å². The van der Waals surface area contributed by atoms with Gasteiger partial charge in [0.2, 0.25) is 5.91 Å². The van der Waals surface area contributed by atoms with Crippen molar-refractivity contribution in [2.24, 2.45) is 0 Å². The van der Waals surface area contributed by atoms with Crippen molar-refractivity contribution >= 4 is 22.6 Å². The first-order chi connectivity index (χ1) is 6.25. The minimum absolute atomic E-state index is 0.0668. The van der Waals surface area contributed by atoms with Gasteiger partial charge in [-0.05, 0) is 24.3 Å². The molecule has 0 bridgehead atoms. The monoisotopic (exact) mass is 175 g/mol. The third kappa shape index (κ3) is 1.54. The number of anilines is 1. The zero-order chi connectivity index (χ0) is 9.26. The highest BCUT2D eigenvalue weighted by atomic mass is 16.3. The van der Waals surface area contributed by atoms with Crippen LogP contribution in [0.3, 0.4) is 0 Å². The molecule has 0 aliphatic carbocycles. The van der Waals surface area contributed by atoms with Gasteiger partial charge in [-0.2, -0.15) is 0 Å². The molecular formula is C10H9NO2. The van der Waals surface area contributed by atoms with Crippen LogP contribution in [0.15, 0.2) is 34.9 Å². The summed E-state index contributed by atoms with van der Waals surface area (Å²) in [6, 6.07) is 7.38. The molecule has 2 aromatic rings. The van der Waals surface area contributed by atoms with Gasteiger partial charge in [-0.1, -0.05) is 0 Å². The molecule has 0 fully saturated rings. The molecular weight excluding hydrogens is 166 g/mol. The van der Waals surface area contributed by atoms with E-state index in [-0.39, 0.29) is 5.91 Å². The molecule has 13 heavy (non-hydrogen) atoms. The number of hydrogen-bond acceptors (Lipinski definition) is 2. The predicted octanol–water partition coefficient (Wildman–Crippen LogP) is 2.39. The summed E-state index contributed by atoms with van der Waals surface area (Å²) in [6.07, 6.45) is 1.63. The molecule has 0 saturated carbocycles. The fraction of sp³-hybridized carbons (Fsp3) is 0.100. The van der Waals surface area contributed by atoms with E-state index in [1.54, 1.807) is 6.26 Å². The smallest absolute Gasteiger partial charge is 0.221 e. The Balaban J connectivity index is 2.42. The van der Waals surface area contributed by atoms with Gasteiger partial charge >= 0.3 is 0 Å². The number of rotatable bonds is 1. The van der Waals surface area contributed by atoms with E-state index >= 15 is 0 Å². The average Bonchev–Trinajstić information content (AvgIpc) is 2.49. The van der Waals surface area contributed by atoms with Gasteiger partial charge in [0.05, 0.1) is 6.26 Å². The summed E-state index contributed by atoms with van der Waals surface area (Å²) in [5.74, 6) is -0.0668. The van der Waals surface area contributed by atoms with E-state index in [0.717, 1.165) is 16.7 Å². The lowest BCUT2D eigenvalue weighted by Gasteiger charge is -2.00. The first-order valence-electron chi connectivity index (χ1n) is 4.00. The molecule has 3 heteroatoms. The summed E-state index contributed by atoms with van der Waals surface area (Å²) in [4.78, 5) is 10.8. The Morgan fingerprint density at radius 2 is 2.23 bits per heavy atom. The molecule has 0 atom stereocenters. The minimum atomic E-state index is -0.0668. The predicted molar refractivity (Wildman–Crippen MR) is 50.5 cm³/mol. The van der Waals surface area contributed by atoms with Crippen LogP contribution in [0.1, 0.15) is 6.92 Å². The minimum Gasteiger partial charge on any atom is -0.464 e. The van der Waals surface area contributed by atoms with Crippen LogP contribution in [-0.2, 0) is 4.79 Å². The first-order valence-corrected chi connectivity index (χ1v) is 4.00. The molecule has 0 aliphatic rings. The molecule has 1 aromatic carbocycles. The Labute approximate surface area is 75.3 Å². The fourth-order valence-corrected chi connectivity index (χ4v) is 1.25. The van der Waals surface area contributed by atoms with E-state index in [9.17, 15) is 4.79 Å². The quantitative estimate of drug-likeness (QED) is 0.723. The Hall–Kier alpha value is -1.77. The van der Waals surface area contributed by atoms with Crippen molar-refractivity contribution in [1.82, 2.24) is 0 Å². The molecule has 1 amide bonds. The highest BCUT2D eigenvalue weighted by Gasteiger charge is 1.99. The Morgan fingerprint density at radius 3 is 3.00 bits per heavy atom. The number of furan rings is 1. The highest BCUT2D eigenvalue weighted by molar-refractivity contribution is 5.91. The topological polar surface area (TPSA) is 42.2 Å². The summed E-state index contributed by atoms with van der Waals surface area (Å²) in [5, 5.41) is 3.70. The van der Waals surface area contributed by atoms with E-state index in [2.05, 4.69) is 5.32 Å². The number of nitrogens with one attached hydrogen (secondary N) is 1. The van der Waals surface area contributed by atoms with Crippen molar-refractivity contribution in [2.75, 3.05) is 5.32 Å². The van der Waals surface area contributed by atoms with Gasteiger partial charge in [0, 0.05) is 18.0 Å². The maximum absolute atomic E-state index is 10.8. The SMILES string of the molecule is CC(=O)Nc1ccc2occc2c1. The lowest BCUT2D eigenvalue weighted by molar-refractivity contribution is -0.114. The number of fused-ring (bicyclic) bond motifs is 1. The number of carbonyl (C=O) groups is 1. The van der Waals surface area contributed by atoms with Crippen LogP contribution >= 0.6 is 0 Å². The summed E-state index contributed by atoms with van der Waals surface area (Å²) >= 11 is 0. The van der Waals surface area contributed by atoms with Gasteiger partial charge in [0.15, 0.2) is 0 Å².